The predicted octanol–water partition coefficient (Wildman–Crippen LogP) is 2.29. The summed E-state index contributed by atoms with van der Waals surface area (Å²) in [5, 5.41) is 3.45. The Kier molecular flexibility index (Phi) is 10.3. The van der Waals surface area contributed by atoms with Crippen molar-refractivity contribution in [3.63, 3.8) is 0 Å². The number of carbonyl (C=O) groups is 2. The van der Waals surface area contributed by atoms with Gasteiger partial charge >= 0.3 is 6.09 Å². The first kappa shape index (κ1) is 26.9. The van der Waals surface area contributed by atoms with E-state index in [2.05, 4.69) is 15.2 Å². The molecule has 2 atom stereocenters. The van der Waals surface area contributed by atoms with Gasteiger partial charge in [0.15, 0.2) is 5.96 Å². The summed E-state index contributed by atoms with van der Waals surface area (Å²) in [6, 6.07) is 0.0859. The van der Waals surface area contributed by atoms with Gasteiger partial charge in [-0.3, -0.25) is 9.79 Å². The Bertz CT molecular complexity index is 655. The Hall–Kier alpha value is -1.30. The number of piperidine rings is 1. The van der Waals surface area contributed by atoms with Crippen molar-refractivity contribution in [1.29, 1.82) is 0 Å². The predicted molar refractivity (Wildman–Crippen MR) is 134 cm³/mol. The Labute approximate surface area is 209 Å². The highest BCUT2D eigenvalue weighted by Gasteiger charge is 2.33. The van der Waals surface area contributed by atoms with E-state index < -0.39 is 5.60 Å². The molecule has 3 aliphatic heterocycles. The summed E-state index contributed by atoms with van der Waals surface area (Å²) < 4.78 is 11.1. The molecule has 0 aromatic heterocycles. The molecule has 10 heteroatoms. The van der Waals surface area contributed by atoms with Gasteiger partial charge in [-0.2, -0.15) is 0 Å². The summed E-state index contributed by atoms with van der Waals surface area (Å²) in [5.74, 6) is 0.939. The highest BCUT2D eigenvalue weighted by atomic mass is 127. The Morgan fingerprint density at radius 2 is 1.72 bits per heavy atom. The average molecular weight is 565 g/mol. The van der Waals surface area contributed by atoms with Crippen LogP contribution in [0, 0.1) is 0 Å². The Morgan fingerprint density at radius 1 is 1.03 bits per heavy atom. The molecule has 2 unspecified atom stereocenters. The molecule has 1 N–H and O–H groups in total. The molecule has 0 aromatic rings. The normalized spacial score (nSPS) is 24.8. The largest absolute Gasteiger partial charge is 0.444 e. The van der Waals surface area contributed by atoms with Crippen molar-refractivity contribution in [3.8, 4) is 0 Å². The van der Waals surface area contributed by atoms with Gasteiger partial charge < -0.3 is 29.5 Å². The van der Waals surface area contributed by atoms with Crippen LogP contribution >= 0.6 is 24.0 Å². The second kappa shape index (κ2) is 12.2. The van der Waals surface area contributed by atoms with E-state index in [4.69, 9.17) is 9.47 Å². The average Bonchev–Trinajstić information content (AvgIpc) is 3.28. The number of halogens is 1. The summed E-state index contributed by atoms with van der Waals surface area (Å²) >= 11 is 0. The topological polar surface area (TPSA) is 86.7 Å². The number of nitrogens with zero attached hydrogens (tertiary/aromatic N) is 4. The van der Waals surface area contributed by atoms with E-state index in [0.29, 0.717) is 26.2 Å². The van der Waals surface area contributed by atoms with E-state index in [1.54, 1.807) is 7.05 Å². The molecule has 9 nitrogen and oxygen atoms in total. The lowest BCUT2D eigenvalue weighted by atomic mass is 10.0. The molecule has 3 aliphatic rings. The van der Waals surface area contributed by atoms with Crippen molar-refractivity contribution >= 4 is 41.9 Å². The maximum absolute atomic E-state index is 12.6. The van der Waals surface area contributed by atoms with Crippen LogP contribution in [0.15, 0.2) is 4.99 Å². The van der Waals surface area contributed by atoms with E-state index in [1.165, 1.54) is 0 Å². The fourth-order valence-corrected chi connectivity index (χ4v) is 4.43. The van der Waals surface area contributed by atoms with Crippen LogP contribution < -0.4 is 5.32 Å². The lowest BCUT2D eigenvalue weighted by molar-refractivity contribution is -0.142. The minimum Gasteiger partial charge on any atom is -0.444 e. The van der Waals surface area contributed by atoms with Gasteiger partial charge in [0, 0.05) is 52.9 Å². The number of ether oxygens (including phenoxy) is 2. The number of likely N-dealkylation sites (tertiary alicyclic amines) is 1. The third-order valence-corrected chi connectivity index (χ3v) is 6.06. The van der Waals surface area contributed by atoms with E-state index in [1.807, 2.05) is 30.6 Å². The van der Waals surface area contributed by atoms with Crippen molar-refractivity contribution in [2.45, 2.75) is 70.6 Å². The van der Waals surface area contributed by atoms with E-state index >= 15 is 0 Å². The molecule has 0 spiro atoms. The van der Waals surface area contributed by atoms with Gasteiger partial charge in [0.1, 0.15) is 11.7 Å². The number of nitrogens with one attached hydrogen (secondary N) is 1. The van der Waals surface area contributed by atoms with Crippen LogP contribution in [0.4, 0.5) is 4.79 Å². The minimum absolute atomic E-state index is 0. The number of amides is 2. The highest BCUT2D eigenvalue weighted by molar-refractivity contribution is 14.0. The molecule has 184 valence electrons. The Morgan fingerprint density at radius 3 is 2.31 bits per heavy atom. The zero-order valence-electron chi connectivity index (χ0n) is 20.0. The number of hydrogen-bond donors (Lipinski definition) is 1. The molecule has 0 bridgehead atoms. The first-order valence-electron chi connectivity index (χ1n) is 11.6. The molecule has 3 saturated heterocycles. The Balaban J connectivity index is 0.00000363. The first-order valence-corrected chi connectivity index (χ1v) is 11.6. The van der Waals surface area contributed by atoms with Crippen LogP contribution in [0.1, 0.15) is 52.9 Å². The second-order valence-corrected chi connectivity index (χ2v) is 9.57. The quantitative estimate of drug-likeness (QED) is 0.321. The van der Waals surface area contributed by atoms with Gasteiger partial charge in [0.05, 0.1) is 6.04 Å². The standard InChI is InChI=1S/C22H39N5O4.HI/c1-22(2,3)31-21(29)27-10-6-5-8-17(27)16-24-20(23-4)26-13-11-25(12-14-26)19(28)18-9-7-15-30-18;/h17-18H,5-16H2,1-4H3,(H,23,24);1H. The smallest absolute Gasteiger partial charge is 0.410 e. The van der Waals surface area contributed by atoms with Crippen LogP contribution in [-0.4, -0.2) is 103 Å². The third-order valence-electron chi connectivity index (χ3n) is 6.06. The fourth-order valence-electron chi connectivity index (χ4n) is 4.43. The molecule has 2 amide bonds. The number of piperazine rings is 1. The molecule has 3 rings (SSSR count). The van der Waals surface area contributed by atoms with E-state index in [9.17, 15) is 9.59 Å². The van der Waals surface area contributed by atoms with Crippen molar-refractivity contribution in [2.75, 3.05) is 52.9 Å². The minimum atomic E-state index is -0.497. The zero-order valence-corrected chi connectivity index (χ0v) is 22.3. The van der Waals surface area contributed by atoms with E-state index in [-0.39, 0.29) is 48.1 Å². The molecule has 3 fully saturated rings. The fraction of sp³-hybridized carbons (Fsp3) is 0.864. The lowest BCUT2D eigenvalue weighted by Gasteiger charge is -2.39. The number of rotatable bonds is 3. The van der Waals surface area contributed by atoms with Crippen LogP contribution in [0.5, 0.6) is 0 Å². The summed E-state index contributed by atoms with van der Waals surface area (Å²) in [6.45, 7) is 10.6. The van der Waals surface area contributed by atoms with Crippen LogP contribution in [0.3, 0.4) is 0 Å². The second-order valence-electron chi connectivity index (χ2n) is 9.57. The first-order chi connectivity index (χ1) is 14.8. The summed E-state index contributed by atoms with van der Waals surface area (Å²) in [7, 11) is 1.78. The summed E-state index contributed by atoms with van der Waals surface area (Å²) in [4.78, 5) is 35.6. The number of guanidine groups is 1. The SMILES string of the molecule is CN=C(NCC1CCCCN1C(=O)OC(C)(C)C)N1CCN(C(=O)C2CCCO2)CC1.I. The number of hydrogen-bond acceptors (Lipinski definition) is 5. The van der Waals surface area contributed by atoms with Crippen LogP contribution in [0.25, 0.3) is 0 Å². The van der Waals surface area contributed by atoms with Gasteiger partial charge in [0.25, 0.3) is 5.91 Å². The third kappa shape index (κ3) is 7.36. The van der Waals surface area contributed by atoms with Crippen LogP contribution in [0.2, 0.25) is 0 Å². The molecule has 0 saturated carbocycles. The van der Waals surface area contributed by atoms with Crippen molar-refractivity contribution in [3.05, 3.63) is 0 Å². The zero-order chi connectivity index (χ0) is 22.4. The van der Waals surface area contributed by atoms with Gasteiger partial charge in [0.2, 0.25) is 0 Å². The van der Waals surface area contributed by atoms with Gasteiger partial charge in [-0.05, 0) is 52.9 Å². The summed E-state index contributed by atoms with van der Waals surface area (Å²) in [5.41, 5.74) is -0.497. The number of aliphatic imine (C=N–C) groups is 1. The van der Waals surface area contributed by atoms with Gasteiger partial charge in [-0.15, -0.1) is 24.0 Å². The van der Waals surface area contributed by atoms with Crippen molar-refractivity contribution < 1.29 is 19.1 Å². The molecular weight excluding hydrogens is 525 g/mol. The number of carbonyl (C=O) groups excluding carboxylic acids is 2. The van der Waals surface area contributed by atoms with Gasteiger partial charge in [-0.1, -0.05) is 0 Å². The monoisotopic (exact) mass is 565 g/mol. The molecule has 0 aromatic carbocycles. The lowest BCUT2D eigenvalue weighted by Crippen LogP contribution is -2.57. The summed E-state index contributed by atoms with van der Waals surface area (Å²) in [6.07, 6.45) is 4.36. The molecule has 3 heterocycles. The maximum atomic E-state index is 12.6. The van der Waals surface area contributed by atoms with Crippen molar-refractivity contribution in [2.24, 2.45) is 4.99 Å². The molecule has 32 heavy (non-hydrogen) atoms. The van der Waals surface area contributed by atoms with Gasteiger partial charge in [-0.25, -0.2) is 4.79 Å². The van der Waals surface area contributed by atoms with Crippen molar-refractivity contribution in [1.82, 2.24) is 20.0 Å². The highest BCUT2D eigenvalue weighted by Crippen LogP contribution is 2.20. The van der Waals surface area contributed by atoms with E-state index in [0.717, 1.165) is 57.7 Å². The molecular formula is C22H40IN5O4. The molecule has 0 radical (unpaired) electrons. The van der Waals surface area contributed by atoms with Crippen LogP contribution in [-0.2, 0) is 14.3 Å². The molecule has 0 aliphatic carbocycles. The maximum Gasteiger partial charge on any atom is 0.410 e.